The zero-order valence-corrected chi connectivity index (χ0v) is 11.1. The van der Waals surface area contributed by atoms with Gasteiger partial charge in [0.15, 0.2) is 0 Å². The second-order valence-electron chi connectivity index (χ2n) is 4.89. The molecule has 1 fully saturated rings. The van der Waals surface area contributed by atoms with Crippen LogP contribution in [0.15, 0.2) is 53.6 Å². The summed E-state index contributed by atoms with van der Waals surface area (Å²) in [5.74, 6) is -1.00. The minimum absolute atomic E-state index is 0.221. The van der Waals surface area contributed by atoms with E-state index in [0.717, 1.165) is 0 Å². The molecular formula is C15H12ClNO2. The summed E-state index contributed by atoms with van der Waals surface area (Å²) in [6.07, 6.45) is 5.15. The lowest BCUT2D eigenvalue weighted by atomic mass is 9.76. The fourth-order valence-electron chi connectivity index (χ4n) is 2.62. The molecule has 1 heterocycles. The number of hydrogen-bond donors (Lipinski definition) is 0. The summed E-state index contributed by atoms with van der Waals surface area (Å²) in [7, 11) is 0. The average molecular weight is 274 g/mol. The van der Waals surface area contributed by atoms with Crippen molar-refractivity contribution in [3.63, 3.8) is 0 Å². The van der Waals surface area contributed by atoms with E-state index in [-0.39, 0.29) is 11.8 Å². The van der Waals surface area contributed by atoms with Gasteiger partial charge in [-0.1, -0.05) is 42.0 Å². The molecule has 0 bridgehead atoms. The third kappa shape index (κ3) is 1.51. The van der Waals surface area contributed by atoms with Gasteiger partial charge < -0.3 is 0 Å². The van der Waals surface area contributed by atoms with Crippen molar-refractivity contribution in [2.45, 2.75) is 6.92 Å². The Kier molecular flexibility index (Phi) is 2.61. The second-order valence-corrected chi connectivity index (χ2v) is 5.30. The molecular weight excluding hydrogens is 262 g/mol. The first-order valence-corrected chi connectivity index (χ1v) is 6.42. The zero-order chi connectivity index (χ0) is 13.6. The van der Waals surface area contributed by atoms with E-state index in [1.54, 1.807) is 49.4 Å². The van der Waals surface area contributed by atoms with Crippen LogP contribution >= 0.6 is 11.6 Å². The quantitative estimate of drug-likeness (QED) is 0.738. The maximum atomic E-state index is 12.6. The highest BCUT2D eigenvalue weighted by molar-refractivity contribution is 6.36. The van der Waals surface area contributed by atoms with Gasteiger partial charge in [-0.25, -0.2) is 4.90 Å². The highest BCUT2D eigenvalue weighted by atomic mass is 35.5. The van der Waals surface area contributed by atoms with Crippen LogP contribution in [-0.4, -0.2) is 11.8 Å². The number of nitrogens with zero attached hydrogens (tertiary/aromatic N) is 1. The molecule has 1 aliphatic carbocycles. The van der Waals surface area contributed by atoms with Gasteiger partial charge in [0.1, 0.15) is 0 Å². The van der Waals surface area contributed by atoms with Gasteiger partial charge in [0, 0.05) is 5.03 Å². The number of fused-ring (bicyclic) bond motifs is 1. The summed E-state index contributed by atoms with van der Waals surface area (Å²) in [5, 5.41) is 0.414. The Bertz CT molecular complexity index is 620. The van der Waals surface area contributed by atoms with Crippen molar-refractivity contribution in [2.75, 3.05) is 4.90 Å². The molecule has 1 saturated heterocycles. The lowest BCUT2D eigenvalue weighted by Crippen LogP contribution is -2.35. The van der Waals surface area contributed by atoms with Crippen LogP contribution in [0.2, 0.25) is 0 Å². The first kappa shape index (κ1) is 12.2. The maximum Gasteiger partial charge on any atom is 0.246 e. The van der Waals surface area contributed by atoms with E-state index in [1.165, 1.54) is 4.90 Å². The molecule has 0 saturated carbocycles. The molecule has 1 aromatic rings. The standard InChI is InChI=1S/C15H12ClNO2/c1-15-11(8-5-9-12(15)16)13(18)17(14(15)19)10-6-3-2-4-7-10/h2-9,11H,1H3. The van der Waals surface area contributed by atoms with Gasteiger partial charge in [-0.05, 0) is 25.1 Å². The highest BCUT2D eigenvalue weighted by Crippen LogP contribution is 2.49. The van der Waals surface area contributed by atoms with Crippen molar-refractivity contribution in [2.24, 2.45) is 11.3 Å². The molecule has 1 aromatic carbocycles. The topological polar surface area (TPSA) is 37.4 Å². The van der Waals surface area contributed by atoms with Crippen LogP contribution in [0, 0.1) is 11.3 Å². The number of anilines is 1. The molecule has 3 nitrogen and oxygen atoms in total. The van der Waals surface area contributed by atoms with E-state index < -0.39 is 11.3 Å². The normalized spacial score (nSPS) is 29.5. The number of hydrogen-bond acceptors (Lipinski definition) is 2. The van der Waals surface area contributed by atoms with Gasteiger partial charge in [0.2, 0.25) is 11.8 Å². The van der Waals surface area contributed by atoms with Gasteiger partial charge >= 0.3 is 0 Å². The number of carbonyl (C=O) groups is 2. The van der Waals surface area contributed by atoms with Crippen molar-refractivity contribution in [1.82, 2.24) is 0 Å². The van der Waals surface area contributed by atoms with Crippen molar-refractivity contribution < 1.29 is 9.59 Å². The molecule has 2 unspecified atom stereocenters. The van der Waals surface area contributed by atoms with Gasteiger partial charge in [0.25, 0.3) is 0 Å². The minimum Gasteiger partial charge on any atom is -0.273 e. The number of para-hydroxylation sites is 1. The van der Waals surface area contributed by atoms with E-state index in [4.69, 9.17) is 11.6 Å². The molecule has 96 valence electrons. The second kappa shape index (κ2) is 4.07. The Hall–Kier alpha value is -1.87. The number of rotatable bonds is 1. The number of carbonyl (C=O) groups excluding carboxylic acids is 2. The fraction of sp³-hybridized carbons (Fsp3) is 0.200. The summed E-state index contributed by atoms with van der Waals surface area (Å²) in [5.41, 5.74) is -0.380. The molecule has 2 amide bonds. The third-order valence-corrected chi connectivity index (χ3v) is 4.33. The van der Waals surface area contributed by atoms with Gasteiger partial charge in [-0.3, -0.25) is 9.59 Å². The number of allylic oxidation sites excluding steroid dienone is 2. The van der Waals surface area contributed by atoms with Crippen molar-refractivity contribution >= 4 is 29.1 Å². The smallest absolute Gasteiger partial charge is 0.246 e. The van der Waals surface area contributed by atoms with Crippen LogP contribution in [0.25, 0.3) is 0 Å². The van der Waals surface area contributed by atoms with E-state index in [2.05, 4.69) is 0 Å². The summed E-state index contributed by atoms with van der Waals surface area (Å²) < 4.78 is 0. The van der Waals surface area contributed by atoms with Crippen LogP contribution in [-0.2, 0) is 9.59 Å². The largest absolute Gasteiger partial charge is 0.273 e. The molecule has 2 aliphatic rings. The first-order valence-electron chi connectivity index (χ1n) is 6.04. The number of halogens is 1. The van der Waals surface area contributed by atoms with E-state index in [9.17, 15) is 9.59 Å². The van der Waals surface area contributed by atoms with E-state index >= 15 is 0 Å². The zero-order valence-electron chi connectivity index (χ0n) is 10.3. The SMILES string of the molecule is CC12C(=O)N(c3ccccc3)C(=O)C1C=CC=C2Cl. The van der Waals surface area contributed by atoms with E-state index in [0.29, 0.717) is 10.7 Å². The van der Waals surface area contributed by atoms with Crippen LogP contribution in [0.1, 0.15) is 6.92 Å². The highest BCUT2D eigenvalue weighted by Gasteiger charge is 2.58. The molecule has 0 radical (unpaired) electrons. The summed E-state index contributed by atoms with van der Waals surface area (Å²) >= 11 is 6.18. The molecule has 2 atom stereocenters. The summed E-state index contributed by atoms with van der Waals surface area (Å²) in [4.78, 5) is 26.3. The maximum absolute atomic E-state index is 12.6. The number of imide groups is 1. The Morgan fingerprint density at radius 2 is 1.89 bits per heavy atom. The summed E-state index contributed by atoms with van der Waals surface area (Å²) in [6.45, 7) is 1.73. The molecule has 19 heavy (non-hydrogen) atoms. The van der Waals surface area contributed by atoms with Crippen LogP contribution < -0.4 is 4.90 Å². The van der Waals surface area contributed by atoms with Gasteiger partial charge in [0.05, 0.1) is 17.0 Å². The molecule has 0 N–H and O–H groups in total. The Morgan fingerprint density at radius 3 is 2.53 bits per heavy atom. The van der Waals surface area contributed by atoms with Crippen molar-refractivity contribution in [1.29, 1.82) is 0 Å². The van der Waals surface area contributed by atoms with Crippen LogP contribution in [0.5, 0.6) is 0 Å². The number of amides is 2. The van der Waals surface area contributed by atoms with Gasteiger partial charge in [-0.2, -0.15) is 0 Å². The first-order chi connectivity index (χ1) is 9.06. The fourth-order valence-corrected chi connectivity index (χ4v) is 2.89. The number of benzene rings is 1. The van der Waals surface area contributed by atoms with Crippen molar-refractivity contribution in [3.8, 4) is 0 Å². The average Bonchev–Trinajstić information content (AvgIpc) is 2.62. The monoisotopic (exact) mass is 273 g/mol. The Balaban J connectivity index is 2.12. The molecule has 4 heteroatoms. The van der Waals surface area contributed by atoms with Crippen LogP contribution in [0.3, 0.4) is 0 Å². The Labute approximate surface area is 116 Å². The van der Waals surface area contributed by atoms with E-state index in [1.807, 2.05) is 6.07 Å². The van der Waals surface area contributed by atoms with Crippen molar-refractivity contribution in [3.05, 3.63) is 53.6 Å². The predicted molar refractivity (Wildman–Crippen MR) is 73.6 cm³/mol. The molecule has 0 spiro atoms. The minimum atomic E-state index is -0.969. The van der Waals surface area contributed by atoms with Gasteiger partial charge in [-0.15, -0.1) is 0 Å². The lowest BCUT2D eigenvalue weighted by molar-refractivity contribution is -0.123. The van der Waals surface area contributed by atoms with Crippen LogP contribution in [0.4, 0.5) is 5.69 Å². The molecule has 0 aromatic heterocycles. The molecule has 1 aliphatic heterocycles. The summed E-state index contributed by atoms with van der Waals surface area (Å²) in [6, 6.07) is 8.94. The molecule has 3 rings (SSSR count). The third-order valence-electron chi connectivity index (χ3n) is 3.81. The Morgan fingerprint density at radius 1 is 1.21 bits per heavy atom. The predicted octanol–water partition coefficient (Wildman–Crippen LogP) is 2.87. The lowest BCUT2D eigenvalue weighted by Gasteiger charge is -2.26.